The van der Waals surface area contributed by atoms with E-state index >= 15 is 0 Å². The molecular weight excluding hydrogens is 423 g/mol. The van der Waals surface area contributed by atoms with Gasteiger partial charge in [-0.1, -0.05) is 26.8 Å². The Morgan fingerprint density at radius 3 is 2.57 bits per heavy atom. The number of halogens is 1. The highest BCUT2D eigenvalue weighted by molar-refractivity contribution is 14.0. The summed E-state index contributed by atoms with van der Waals surface area (Å²) in [6.45, 7) is 10.8. The molecule has 0 radical (unpaired) electrons. The lowest BCUT2D eigenvalue weighted by Crippen LogP contribution is -2.43. The third kappa shape index (κ3) is 8.55. The standard InChI is InChI=1S/C16H28N4OS.HI/c1-5-9-18-14(21)11-19-15(17-6-2)20-12-16(3,4)13-8-7-10-22-13;/h7-8,10H,5-6,9,11-12H2,1-4H3,(H,18,21)(H2,17,19,20);1H. The van der Waals surface area contributed by atoms with E-state index in [2.05, 4.69) is 52.3 Å². The van der Waals surface area contributed by atoms with Crippen LogP contribution in [-0.2, 0) is 10.2 Å². The highest BCUT2D eigenvalue weighted by atomic mass is 127. The summed E-state index contributed by atoms with van der Waals surface area (Å²) in [6, 6.07) is 4.22. The van der Waals surface area contributed by atoms with Gasteiger partial charge in [-0.15, -0.1) is 35.3 Å². The number of carbonyl (C=O) groups is 1. The SMILES string of the molecule is CCCNC(=O)CN=C(NCC)NCC(C)(C)c1cccs1.I. The van der Waals surface area contributed by atoms with Gasteiger partial charge >= 0.3 is 0 Å². The highest BCUT2D eigenvalue weighted by Crippen LogP contribution is 2.26. The first-order valence-electron chi connectivity index (χ1n) is 7.82. The van der Waals surface area contributed by atoms with Gasteiger partial charge in [-0.05, 0) is 24.8 Å². The maximum atomic E-state index is 11.6. The second-order valence-electron chi connectivity index (χ2n) is 5.76. The fourth-order valence-corrected chi connectivity index (χ4v) is 2.72. The van der Waals surface area contributed by atoms with Gasteiger partial charge in [-0.3, -0.25) is 4.79 Å². The summed E-state index contributed by atoms with van der Waals surface area (Å²) in [5, 5.41) is 11.4. The first kappa shape index (κ1) is 22.2. The lowest BCUT2D eigenvalue weighted by molar-refractivity contribution is -0.119. The molecule has 1 aromatic rings. The molecule has 1 aromatic heterocycles. The number of aliphatic imine (C=N–C) groups is 1. The van der Waals surface area contributed by atoms with Crippen molar-refractivity contribution < 1.29 is 4.79 Å². The van der Waals surface area contributed by atoms with Crippen LogP contribution in [0.5, 0.6) is 0 Å². The number of thiophene rings is 1. The molecule has 7 heteroatoms. The van der Waals surface area contributed by atoms with Crippen LogP contribution in [0.15, 0.2) is 22.5 Å². The van der Waals surface area contributed by atoms with Gasteiger partial charge in [0.25, 0.3) is 0 Å². The topological polar surface area (TPSA) is 65.5 Å². The monoisotopic (exact) mass is 452 g/mol. The van der Waals surface area contributed by atoms with Crippen LogP contribution in [0.4, 0.5) is 0 Å². The number of nitrogens with zero attached hydrogens (tertiary/aromatic N) is 1. The molecular formula is C16H29IN4OS. The van der Waals surface area contributed by atoms with Crippen LogP contribution in [0.1, 0.15) is 39.0 Å². The minimum atomic E-state index is -0.0448. The summed E-state index contributed by atoms with van der Waals surface area (Å²) < 4.78 is 0. The van der Waals surface area contributed by atoms with Gasteiger partial charge in [0.2, 0.25) is 5.91 Å². The molecule has 1 amide bonds. The van der Waals surface area contributed by atoms with E-state index in [-0.39, 0.29) is 41.8 Å². The van der Waals surface area contributed by atoms with Crippen molar-refractivity contribution in [2.24, 2.45) is 4.99 Å². The van der Waals surface area contributed by atoms with Crippen LogP contribution in [-0.4, -0.2) is 38.0 Å². The Balaban J connectivity index is 0.00000484. The van der Waals surface area contributed by atoms with Crippen molar-refractivity contribution >= 4 is 47.2 Å². The average molecular weight is 452 g/mol. The van der Waals surface area contributed by atoms with Gasteiger partial charge in [0, 0.05) is 29.9 Å². The molecule has 0 spiro atoms. The lowest BCUT2D eigenvalue weighted by atomic mass is 9.91. The van der Waals surface area contributed by atoms with E-state index in [1.807, 2.05) is 13.8 Å². The third-order valence-corrected chi connectivity index (χ3v) is 4.42. The quantitative estimate of drug-likeness (QED) is 0.323. The lowest BCUT2D eigenvalue weighted by Gasteiger charge is -2.25. The van der Waals surface area contributed by atoms with Gasteiger partial charge in [-0.25, -0.2) is 4.99 Å². The number of amides is 1. The summed E-state index contributed by atoms with van der Waals surface area (Å²) in [4.78, 5) is 17.3. The first-order valence-corrected chi connectivity index (χ1v) is 8.70. The van der Waals surface area contributed by atoms with Gasteiger partial charge < -0.3 is 16.0 Å². The molecule has 0 saturated carbocycles. The fourth-order valence-electron chi connectivity index (χ4n) is 1.87. The first-order chi connectivity index (χ1) is 10.5. The fraction of sp³-hybridized carbons (Fsp3) is 0.625. The number of nitrogens with one attached hydrogen (secondary N) is 3. The number of carbonyl (C=O) groups excluding carboxylic acids is 1. The Morgan fingerprint density at radius 2 is 2.00 bits per heavy atom. The summed E-state index contributed by atoms with van der Waals surface area (Å²) in [5.41, 5.74) is 0.0226. The Hall–Kier alpha value is -0.830. The van der Waals surface area contributed by atoms with Gasteiger partial charge in [0.05, 0.1) is 0 Å². The zero-order valence-electron chi connectivity index (χ0n) is 14.4. The summed E-state index contributed by atoms with van der Waals surface area (Å²) >= 11 is 1.76. The molecule has 1 heterocycles. The Kier molecular flexibility index (Phi) is 11.2. The zero-order valence-corrected chi connectivity index (χ0v) is 17.6. The normalized spacial score (nSPS) is 11.6. The van der Waals surface area contributed by atoms with Crippen molar-refractivity contribution in [3.05, 3.63) is 22.4 Å². The molecule has 0 atom stereocenters. The van der Waals surface area contributed by atoms with Crippen LogP contribution in [0.25, 0.3) is 0 Å². The van der Waals surface area contributed by atoms with E-state index < -0.39 is 0 Å². The predicted molar refractivity (Wildman–Crippen MR) is 110 cm³/mol. The number of hydrogen-bond acceptors (Lipinski definition) is 3. The minimum Gasteiger partial charge on any atom is -0.357 e. The molecule has 0 bridgehead atoms. The second kappa shape index (κ2) is 11.7. The van der Waals surface area contributed by atoms with E-state index in [0.29, 0.717) is 12.5 Å². The zero-order chi connectivity index (χ0) is 16.4. The van der Waals surface area contributed by atoms with E-state index in [4.69, 9.17) is 0 Å². The van der Waals surface area contributed by atoms with Gasteiger partial charge in [-0.2, -0.15) is 0 Å². The number of guanidine groups is 1. The molecule has 1 rings (SSSR count). The van der Waals surface area contributed by atoms with Crippen molar-refractivity contribution in [3.63, 3.8) is 0 Å². The smallest absolute Gasteiger partial charge is 0.241 e. The second-order valence-corrected chi connectivity index (χ2v) is 6.71. The van der Waals surface area contributed by atoms with E-state index in [1.165, 1.54) is 4.88 Å². The molecule has 3 N–H and O–H groups in total. The van der Waals surface area contributed by atoms with Gasteiger partial charge in [0.15, 0.2) is 5.96 Å². The van der Waals surface area contributed by atoms with E-state index in [1.54, 1.807) is 11.3 Å². The Bertz CT molecular complexity index is 474. The van der Waals surface area contributed by atoms with Crippen molar-refractivity contribution in [1.82, 2.24) is 16.0 Å². The molecule has 0 aliphatic rings. The largest absolute Gasteiger partial charge is 0.357 e. The molecule has 0 fully saturated rings. The van der Waals surface area contributed by atoms with Crippen LogP contribution in [0.3, 0.4) is 0 Å². The Morgan fingerprint density at radius 1 is 1.26 bits per heavy atom. The van der Waals surface area contributed by atoms with E-state index in [9.17, 15) is 4.79 Å². The highest BCUT2D eigenvalue weighted by Gasteiger charge is 2.21. The van der Waals surface area contributed by atoms with Crippen molar-refractivity contribution in [1.29, 1.82) is 0 Å². The molecule has 0 aromatic carbocycles. The van der Waals surface area contributed by atoms with Crippen LogP contribution in [0, 0.1) is 0 Å². The molecule has 23 heavy (non-hydrogen) atoms. The maximum Gasteiger partial charge on any atom is 0.241 e. The van der Waals surface area contributed by atoms with Crippen molar-refractivity contribution in [3.8, 4) is 0 Å². The van der Waals surface area contributed by atoms with Gasteiger partial charge in [0.1, 0.15) is 6.54 Å². The molecule has 132 valence electrons. The summed E-state index contributed by atoms with van der Waals surface area (Å²) in [7, 11) is 0. The minimum absolute atomic E-state index is 0. The molecule has 0 unspecified atom stereocenters. The maximum absolute atomic E-state index is 11.6. The van der Waals surface area contributed by atoms with E-state index in [0.717, 1.165) is 19.5 Å². The van der Waals surface area contributed by atoms with Crippen molar-refractivity contribution in [2.75, 3.05) is 26.2 Å². The Labute approximate surface area is 160 Å². The van der Waals surface area contributed by atoms with Crippen LogP contribution in [0.2, 0.25) is 0 Å². The third-order valence-electron chi connectivity index (χ3n) is 3.18. The molecule has 0 saturated heterocycles. The molecule has 0 aliphatic carbocycles. The molecule has 0 aliphatic heterocycles. The average Bonchev–Trinajstić information content (AvgIpc) is 3.03. The number of rotatable bonds is 8. The predicted octanol–water partition coefficient (Wildman–Crippen LogP) is 2.73. The van der Waals surface area contributed by atoms with Crippen LogP contribution >= 0.6 is 35.3 Å². The van der Waals surface area contributed by atoms with Crippen molar-refractivity contribution in [2.45, 2.75) is 39.5 Å². The van der Waals surface area contributed by atoms with Crippen LogP contribution < -0.4 is 16.0 Å². The summed E-state index contributed by atoms with van der Waals surface area (Å²) in [6.07, 6.45) is 0.933. The molecule has 5 nitrogen and oxygen atoms in total. The summed E-state index contributed by atoms with van der Waals surface area (Å²) in [5.74, 6) is 0.635. The number of hydrogen-bond donors (Lipinski definition) is 3.